The van der Waals surface area contributed by atoms with Crippen molar-refractivity contribution in [3.8, 4) is 0 Å². The normalized spacial score (nSPS) is 14.7. The van der Waals surface area contributed by atoms with E-state index in [0.29, 0.717) is 25.7 Å². The first-order valence-electron chi connectivity index (χ1n) is 8.03. The monoisotopic (exact) mass is 452 g/mol. The molecule has 3 nitrogen and oxygen atoms in total. The predicted molar refractivity (Wildman–Crippen MR) is 116 cm³/mol. The smallest absolute Gasteiger partial charge is 0.153 e. The van der Waals surface area contributed by atoms with Gasteiger partial charge in [0.05, 0.1) is 15.6 Å². The fraction of sp³-hybridized carbons (Fsp3) is 0.333. The fourth-order valence-corrected chi connectivity index (χ4v) is 5.01. The quantitative estimate of drug-likeness (QED) is 0.493. The molecule has 2 rings (SSSR count). The minimum absolute atomic E-state index is 0.0639. The van der Waals surface area contributed by atoms with Crippen LogP contribution in [0.5, 0.6) is 0 Å². The standard InChI is InChI=1S/C18H21Cl3NO2S2/c1-13(4-3-11-25(2)23)22(18-12-15(20)7-10-17(18)21)26(24)16-8-5-14(19)6-9-16/h5-10,12-13,23H,3-4,11H2,1-2H3/q+1/t13-,25?,26?/m1/s1. The van der Waals surface area contributed by atoms with Gasteiger partial charge in [0.15, 0.2) is 11.0 Å². The van der Waals surface area contributed by atoms with Gasteiger partial charge in [0.1, 0.15) is 23.2 Å². The third kappa shape index (κ3) is 6.04. The van der Waals surface area contributed by atoms with Crippen LogP contribution in [0, 0.1) is 0 Å². The zero-order valence-electron chi connectivity index (χ0n) is 14.5. The minimum Gasteiger partial charge on any atom is -0.283 e. The van der Waals surface area contributed by atoms with Crippen LogP contribution in [-0.4, -0.2) is 26.8 Å². The number of hydrogen-bond donors (Lipinski definition) is 1. The van der Waals surface area contributed by atoms with Crippen LogP contribution in [0.1, 0.15) is 19.8 Å². The molecule has 2 aromatic carbocycles. The Bertz CT molecular complexity index is 757. The molecule has 0 radical (unpaired) electrons. The molecule has 26 heavy (non-hydrogen) atoms. The van der Waals surface area contributed by atoms with Gasteiger partial charge in [-0.1, -0.05) is 34.8 Å². The summed E-state index contributed by atoms with van der Waals surface area (Å²) in [5.74, 6) is 0.717. The van der Waals surface area contributed by atoms with Crippen molar-refractivity contribution in [2.24, 2.45) is 0 Å². The maximum atomic E-state index is 13.3. The van der Waals surface area contributed by atoms with Gasteiger partial charge >= 0.3 is 0 Å². The third-order valence-electron chi connectivity index (χ3n) is 3.80. The predicted octanol–water partition coefficient (Wildman–Crippen LogP) is 6.07. The topological polar surface area (TPSA) is 40.5 Å². The Morgan fingerprint density at radius 3 is 2.35 bits per heavy atom. The van der Waals surface area contributed by atoms with Crippen molar-refractivity contribution in [1.29, 1.82) is 0 Å². The summed E-state index contributed by atoms with van der Waals surface area (Å²) in [6.45, 7) is 2.00. The fourth-order valence-electron chi connectivity index (χ4n) is 2.51. The molecule has 0 fully saturated rings. The van der Waals surface area contributed by atoms with Crippen molar-refractivity contribution in [2.45, 2.75) is 30.7 Å². The molecule has 0 heterocycles. The highest BCUT2D eigenvalue weighted by Crippen LogP contribution is 2.34. The third-order valence-corrected chi connectivity index (χ3v) is 7.08. The first-order chi connectivity index (χ1) is 12.3. The van der Waals surface area contributed by atoms with E-state index < -0.39 is 22.2 Å². The maximum Gasteiger partial charge on any atom is 0.153 e. The van der Waals surface area contributed by atoms with Gasteiger partial charge in [0.25, 0.3) is 0 Å². The Morgan fingerprint density at radius 1 is 1.12 bits per heavy atom. The lowest BCUT2D eigenvalue weighted by atomic mass is 10.2. The molecular formula is C18H21Cl3NO2S2+. The molecule has 0 amide bonds. The molecule has 2 unspecified atom stereocenters. The van der Waals surface area contributed by atoms with E-state index in [2.05, 4.69) is 0 Å². The molecule has 0 aliphatic heterocycles. The first kappa shape index (κ1) is 21.9. The second kappa shape index (κ2) is 10.2. The van der Waals surface area contributed by atoms with Crippen LogP contribution >= 0.6 is 34.8 Å². The van der Waals surface area contributed by atoms with E-state index in [0.717, 1.165) is 18.6 Å². The summed E-state index contributed by atoms with van der Waals surface area (Å²) in [6, 6.07) is 12.0. The van der Waals surface area contributed by atoms with Crippen molar-refractivity contribution in [3.63, 3.8) is 0 Å². The van der Waals surface area contributed by atoms with Crippen LogP contribution in [0.15, 0.2) is 47.4 Å². The van der Waals surface area contributed by atoms with Gasteiger partial charge in [-0.25, -0.2) is 4.21 Å². The summed E-state index contributed by atoms with van der Waals surface area (Å²) >= 11 is 17.9. The van der Waals surface area contributed by atoms with Crippen molar-refractivity contribution in [1.82, 2.24) is 0 Å². The summed E-state index contributed by atoms with van der Waals surface area (Å²) in [6.07, 6.45) is 3.38. The SMILES string of the molecule is C[C@H](CCC[S+](C)O)N(c1cc(Cl)ccc1Cl)S(=O)c1ccc(Cl)cc1. The Labute approximate surface area is 175 Å². The van der Waals surface area contributed by atoms with Crippen LogP contribution in [0.3, 0.4) is 0 Å². The van der Waals surface area contributed by atoms with Gasteiger partial charge in [0.2, 0.25) is 0 Å². The van der Waals surface area contributed by atoms with E-state index in [1.807, 2.05) is 6.92 Å². The molecule has 8 heteroatoms. The lowest BCUT2D eigenvalue weighted by Gasteiger charge is -2.30. The molecule has 2 aromatic rings. The molecule has 0 aromatic heterocycles. The van der Waals surface area contributed by atoms with Crippen LogP contribution in [0.4, 0.5) is 5.69 Å². The van der Waals surface area contributed by atoms with Crippen LogP contribution in [0.25, 0.3) is 0 Å². The molecule has 0 aliphatic carbocycles. The van der Waals surface area contributed by atoms with E-state index in [1.165, 1.54) is 0 Å². The van der Waals surface area contributed by atoms with E-state index in [4.69, 9.17) is 34.8 Å². The van der Waals surface area contributed by atoms with Gasteiger partial charge in [-0.05, 0) is 62.2 Å². The lowest BCUT2D eigenvalue weighted by molar-refractivity contribution is 0.615. The molecule has 0 saturated heterocycles. The number of anilines is 1. The Balaban J connectivity index is 2.35. The molecular weight excluding hydrogens is 433 g/mol. The summed E-state index contributed by atoms with van der Waals surface area (Å²) in [7, 11) is -1.47. The van der Waals surface area contributed by atoms with Gasteiger partial charge in [-0.3, -0.25) is 4.31 Å². The lowest BCUT2D eigenvalue weighted by Crippen LogP contribution is -2.35. The number of rotatable bonds is 8. The summed E-state index contributed by atoms with van der Waals surface area (Å²) in [4.78, 5) is 0.634. The molecule has 142 valence electrons. The van der Waals surface area contributed by atoms with Crippen molar-refractivity contribution >= 4 is 62.7 Å². The van der Waals surface area contributed by atoms with Crippen molar-refractivity contribution < 1.29 is 8.76 Å². The van der Waals surface area contributed by atoms with Crippen LogP contribution in [0.2, 0.25) is 15.1 Å². The Hall–Kier alpha value is -0.430. The minimum atomic E-state index is -1.47. The molecule has 0 bridgehead atoms. The van der Waals surface area contributed by atoms with Gasteiger partial charge < -0.3 is 0 Å². The zero-order chi connectivity index (χ0) is 19.3. The molecule has 0 spiro atoms. The molecule has 0 saturated carbocycles. The van der Waals surface area contributed by atoms with E-state index >= 15 is 0 Å². The Morgan fingerprint density at radius 2 is 1.73 bits per heavy atom. The highest BCUT2D eigenvalue weighted by molar-refractivity contribution is 7.90. The summed E-state index contributed by atoms with van der Waals surface area (Å²) in [5.41, 5.74) is 0.624. The van der Waals surface area contributed by atoms with Gasteiger partial charge in [-0.15, -0.1) is 0 Å². The second-order valence-corrected chi connectivity index (χ2v) is 10.2. The highest BCUT2D eigenvalue weighted by atomic mass is 35.5. The van der Waals surface area contributed by atoms with Crippen LogP contribution in [-0.2, 0) is 22.2 Å². The first-order valence-corrected chi connectivity index (χ1v) is 12.0. The van der Waals surface area contributed by atoms with E-state index in [1.54, 1.807) is 53.0 Å². The van der Waals surface area contributed by atoms with E-state index in [-0.39, 0.29) is 6.04 Å². The second-order valence-electron chi connectivity index (χ2n) is 5.92. The highest BCUT2D eigenvalue weighted by Gasteiger charge is 2.25. The molecule has 0 aliphatic rings. The molecule has 1 N–H and O–H groups in total. The number of halogens is 3. The average Bonchev–Trinajstić information content (AvgIpc) is 2.58. The molecule has 3 atom stereocenters. The van der Waals surface area contributed by atoms with Crippen molar-refractivity contribution in [3.05, 3.63) is 57.5 Å². The zero-order valence-corrected chi connectivity index (χ0v) is 18.4. The Kier molecular flexibility index (Phi) is 8.58. The maximum absolute atomic E-state index is 13.3. The number of benzene rings is 2. The number of nitrogens with zero attached hydrogens (tertiary/aromatic N) is 1. The summed E-state index contributed by atoms with van der Waals surface area (Å²) < 4.78 is 24.6. The van der Waals surface area contributed by atoms with Gasteiger partial charge in [0, 0.05) is 16.1 Å². The number of hydrogen-bond acceptors (Lipinski definition) is 2. The van der Waals surface area contributed by atoms with E-state index in [9.17, 15) is 8.76 Å². The van der Waals surface area contributed by atoms with Crippen molar-refractivity contribution in [2.75, 3.05) is 16.3 Å². The van der Waals surface area contributed by atoms with Gasteiger partial charge in [-0.2, -0.15) is 4.55 Å². The largest absolute Gasteiger partial charge is 0.283 e. The average molecular weight is 454 g/mol. The van der Waals surface area contributed by atoms with Crippen LogP contribution < -0.4 is 4.31 Å². The summed E-state index contributed by atoms with van der Waals surface area (Å²) in [5, 5.41) is 1.60.